The van der Waals surface area contributed by atoms with Crippen molar-refractivity contribution in [1.29, 1.82) is 0 Å². The third-order valence-corrected chi connectivity index (χ3v) is 7.51. The summed E-state index contributed by atoms with van der Waals surface area (Å²) in [5.74, 6) is -0.797. The Morgan fingerprint density at radius 1 is 1.12 bits per heavy atom. The van der Waals surface area contributed by atoms with E-state index >= 15 is 0 Å². The van der Waals surface area contributed by atoms with Gasteiger partial charge in [0.2, 0.25) is 0 Å². The van der Waals surface area contributed by atoms with Crippen LogP contribution in [0.25, 0.3) is 0 Å². The molecule has 1 unspecified atom stereocenters. The first kappa shape index (κ1) is 24.3. The van der Waals surface area contributed by atoms with Crippen LogP contribution >= 0.6 is 0 Å². The van der Waals surface area contributed by atoms with E-state index in [-0.39, 0.29) is 34.2 Å². The second-order valence-electron chi connectivity index (χ2n) is 8.64. The molecule has 0 bridgehead atoms. The first-order valence-electron chi connectivity index (χ1n) is 9.90. The average molecular weight is 476 g/mol. The third-order valence-electron chi connectivity index (χ3n) is 5.78. The van der Waals surface area contributed by atoms with Crippen LogP contribution in [-0.2, 0) is 15.3 Å². The number of benzene rings is 2. The van der Waals surface area contributed by atoms with E-state index in [2.05, 4.69) is 0 Å². The molecule has 1 aliphatic heterocycles. The van der Waals surface area contributed by atoms with Crippen LogP contribution in [0.5, 0.6) is 5.75 Å². The summed E-state index contributed by atoms with van der Waals surface area (Å²) in [6, 6.07) is 9.34. The van der Waals surface area contributed by atoms with Crippen molar-refractivity contribution < 1.29 is 35.8 Å². The fourth-order valence-electron chi connectivity index (χ4n) is 4.20. The molecule has 3 rings (SSSR count). The molecule has 2 aromatic rings. The summed E-state index contributed by atoms with van der Waals surface area (Å²) in [5.41, 5.74) is -4.24. The Balaban J connectivity index is 2.01. The number of sulfone groups is 1. The summed E-state index contributed by atoms with van der Waals surface area (Å²) in [6.07, 6.45) is -5.83. The molecule has 176 valence electrons. The van der Waals surface area contributed by atoms with E-state index in [0.29, 0.717) is 0 Å². The van der Waals surface area contributed by atoms with E-state index in [4.69, 9.17) is 4.74 Å². The lowest BCUT2D eigenvalue weighted by Crippen LogP contribution is -2.57. The topological polar surface area (TPSA) is 66.8 Å². The fourth-order valence-corrected chi connectivity index (χ4v) is 5.69. The normalized spacial score (nSPS) is 18.1. The minimum absolute atomic E-state index is 0.0677. The highest BCUT2D eigenvalue weighted by Crippen LogP contribution is 2.45. The van der Waals surface area contributed by atoms with Crippen molar-refractivity contribution in [2.24, 2.45) is 0 Å². The molecule has 10 heteroatoms. The lowest BCUT2D eigenvalue weighted by atomic mass is 9.74. The molecule has 0 aromatic heterocycles. The van der Waals surface area contributed by atoms with Crippen LogP contribution in [0.1, 0.15) is 25.8 Å². The number of ether oxygens (including phenoxy) is 1. The van der Waals surface area contributed by atoms with E-state index in [0.717, 1.165) is 12.1 Å². The van der Waals surface area contributed by atoms with Crippen LogP contribution in [0.4, 0.5) is 23.2 Å². The molecule has 1 aliphatic rings. The number of aliphatic hydroxyl groups is 1. The Morgan fingerprint density at radius 2 is 1.78 bits per heavy atom. The van der Waals surface area contributed by atoms with E-state index in [1.54, 1.807) is 0 Å². The number of fused-ring (bicyclic) bond motifs is 1. The second-order valence-corrected chi connectivity index (χ2v) is 10.7. The predicted molar refractivity (Wildman–Crippen MR) is 112 cm³/mol. The molecule has 0 fully saturated rings. The van der Waals surface area contributed by atoms with Crippen LogP contribution in [0.3, 0.4) is 0 Å². The van der Waals surface area contributed by atoms with Gasteiger partial charge in [-0.15, -0.1) is 0 Å². The number of nitrogens with zero attached hydrogens (tertiary/aromatic N) is 1. The average Bonchev–Trinajstić information content (AvgIpc) is 2.69. The molecule has 5 nitrogen and oxygen atoms in total. The van der Waals surface area contributed by atoms with E-state index < -0.39 is 45.8 Å². The molecule has 0 aliphatic carbocycles. The van der Waals surface area contributed by atoms with Crippen molar-refractivity contribution >= 4 is 15.5 Å². The summed E-state index contributed by atoms with van der Waals surface area (Å²) in [5, 5.41) is 10.9. The maximum Gasteiger partial charge on any atom is 0.418 e. The number of β-amino-alcohol motifs (C(OH)–C–C–N with tert-alkyl or cyclic N) is 1. The highest BCUT2D eigenvalue weighted by Gasteiger charge is 2.57. The Labute approximate surface area is 184 Å². The van der Waals surface area contributed by atoms with E-state index in [9.17, 15) is 31.1 Å². The molecule has 1 heterocycles. The van der Waals surface area contributed by atoms with Crippen LogP contribution in [-0.4, -0.2) is 51.3 Å². The molecule has 0 radical (unpaired) electrons. The van der Waals surface area contributed by atoms with Crippen molar-refractivity contribution in [2.75, 3.05) is 30.9 Å². The molecule has 1 atom stereocenters. The van der Waals surface area contributed by atoms with Crippen LogP contribution < -0.4 is 9.64 Å². The lowest BCUT2D eigenvalue weighted by molar-refractivity contribution is -0.262. The molecular weight excluding hydrogens is 450 g/mol. The zero-order valence-electron chi connectivity index (χ0n) is 17.9. The van der Waals surface area contributed by atoms with Gasteiger partial charge in [-0.2, -0.15) is 13.2 Å². The number of methoxy groups -OCH3 is 1. The largest absolute Gasteiger partial charge is 0.496 e. The number of rotatable bonds is 6. The fraction of sp³-hybridized carbons (Fsp3) is 0.455. The van der Waals surface area contributed by atoms with Crippen LogP contribution in [0.15, 0.2) is 47.4 Å². The molecule has 0 saturated carbocycles. The lowest BCUT2D eigenvalue weighted by Gasteiger charge is -2.42. The van der Waals surface area contributed by atoms with E-state index in [1.165, 1.54) is 56.2 Å². The smallest absolute Gasteiger partial charge is 0.418 e. The Hall–Kier alpha value is -2.33. The Bertz CT molecular complexity index is 1100. The van der Waals surface area contributed by atoms with Gasteiger partial charge in [-0.25, -0.2) is 12.8 Å². The van der Waals surface area contributed by atoms with Gasteiger partial charge < -0.3 is 14.7 Å². The predicted octanol–water partition coefficient (Wildman–Crippen LogP) is 4.09. The van der Waals surface area contributed by atoms with Crippen molar-refractivity contribution in [3.63, 3.8) is 0 Å². The standard InChI is InChI=1S/C22H25F4NO4S/c1-20(2,16-12-15(23)8-9-18(16)31-3)13-21(28,22(24,25)26)14-27-10-11-32(29,30)19-7-5-4-6-17(19)27/h4-9,12,28H,10-11,13-14H2,1-3H3. The van der Waals surface area contributed by atoms with Gasteiger partial charge >= 0.3 is 6.18 Å². The van der Waals surface area contributed by atoms with Crippen molar-refractivity contribution in [1.82, 2.24) is 0 Å². The van der Waals surface area contributed by atoms with Crippen molar-refractivity contribution in [3.05, 3.63) is 53.8 Å². The zero-order chi connectivity index (χ0) is 23.9. The highest BCUT2D eigenvalue weighted by molar-refractivity contribution is 7.91. The monoisotopic (exact) mass is 475 g/mol. The summed E-state index contributed by atoms with van der Waals surface area (Å²) in [4.78, 5) is 1.17. The van der Waals surface area contributed by atoms with E-state index in [1.807, 2.05) is 0 Å². The Kier molecular flexibility index (Phi) is 6.25. The van der Waals surface area contributed by atoms with Crippen LogP contribution in [0.2, 0.25) is 0 Å². The molecular formula is C22H25F4NO4S. The van der Waals surface area contributed by atoms with Gasteiger partial charge in [0.15, 0.2) is 15.4 Å². The summed E-state index contributed by atoms with van der Waals surface area (Å²) in [6.45, 7) is 1.87. The van der Waals surface area contributed by atoms with Gasteiger partial charge in [0.1, 0.15) is 11.6 Å². The Morgan fingerprint density at radius 3 is 2.41 bits per heavy atom. The number of halogens is 4. The molecule has 1 N–H and O–H groups in total. The number of para-hydroxylation sites is 1. The molecule has 0 saturated heterocycles. The van der Waals surface area contributed by atoms with Crippen molar-refractivity contribution in [2.45, 2.75) is 42.4 Å². The summed E-state index contributed by atoms with van der Waals surface area (Å²) >= 11 is 0. The van der Waals surface area contributed by atoms with Crippen molar-refractivity contribution in [3.8, 4) is 5.75 Å². The maximum atomic E-state index is 14.2. The second kappa shape index (κ2) is 8.22. The third kappa shape index (κ3) is 4.56. The number of alkyl halides is 3. The van der Waals surface area contributed by atoms with Gasteiger partial charge in [-0.05, 0) is 42.2 Å². The van der Waals surface area contributed by atoms with Gasteiger partial charge in [0, 0.05) is 12.1 Å². The first-order chi connectivity index (χ1) is 14.7. The van der Waals surface area contributed by atoms with Gasteiger partial charge in [-0.3, -0.25) is 0 Å². The number of anilines is 1. The zero-order valence-corrected chi connectivity index (χ0v) is 18.7. The molecule has 0 amide bonds. The molecule has 32 heavy (non-hydrogen) atoms. The SMILES string of the molecule is COc1ccc(F)cc1C(C)(C)CC(O)(CN1CCS(=O)(=O)c2ccccc21)C(F)(F)F. The first-order valence-corrected chi connectivity index (χ1v) is 11.6. The summed E-state index contributed by atoms with van der Waals surface area (Å²) < 4.78 is 86.3. The number of hydrogen-bond donors (Lipinski definition) is 1. The molecule has 2 aromatic carbocycles. The quantitative estimate of drug-likeness (QED) is 0.638. The molecule has 0 spiro atoms. The van der Waals surface area contributed by atoms with Gasteiger partial charge in [0.05, 0.1) is 30.0 Å². The summed E-state index contributed by atoms with van der Waals surface area (Å²) in [7, 11) is -2.29. The number of hydrogen-bond acceptors (Lipinski definition) is 5. The maximum absolute atomic E-state index is 14.2. The minimum atomic E-state index is -5.03. The highest BCUT2D eigenvalue weighted by atomic mass is 32.2. The minimum Gasteiger partial charge on any atom is -0.496 e. The van der Waals surface area contributed by atoms with Gasteiger partial charge in [-0.1, -0.05) is 26.0 Å². The van der Waals surface area contributed by atoms with Crippen LogP contribution in [0, 0.1) is 5.82 Å². The van der Waals surface area contributed by atoms with Gasteiger partial charge in [0.25, 0.3) is 0 Å².